The standard InChI is InChI=1S/C24H24Cl2FNO.C3H7NO/c1-5-18(19-8-6-7-15(2)13-19)14-22-16(3)11-12-28(22)29-17(4)23-20(25)9-10-21(27)24(23)26;1-4(2)3-5/h6-14,17H,5H2,1-4H3;3H,1-2H3/b18-14+;. The first-order chi connectivity index (χ1) is 16.1. The predicted molar refractivity (Wildman–Crippen MR) is 140 cm³/mol. The topological polar surface area (TPSA) is 34.5 Å². The van der Waals surface area contributed by atoms with Gasteiger partial charge in [-0.3, -0.25) is 4.79 Å². The Morgan fingerprint density at radius 3 is 2.44 bits per heavy atom. The van der Waals surface area contributed by atoms with Gasteiger partial charge in [-0.25, -0.2) is 4.39 Å². The van der Waals surface area contributed by atoms with Crippen LogP contribution in [0.5, 0.6) is 0 Å². The van der Waals surface area contributed by atoms with E-state index in [9.17, 15) is 9.18 Å². The smallest absolute Gasteiger partial charge is 0.209 e. The Hall–Kier alpha value is -2.76. The van der Waals surface area contributed by atoms with Crippen LogP contribution in [0.25, 0.3) is 11.6 Å². The van der Waals surface area contributed by atoms with Crippen LogP contribution in [0.3, 0.4) is 0 Å². The van der Waals surface area contributed by atoms with E-state index in [0.29, 0.717) is 10.6 Å². The molecule has 0 fully saturated rings. The van der Waals surface area contributed by atoms with Crippen molar-refractivity contribution in [2.75, 3.05) is 14.1 Å². The van der Waals surface area contributed by atoms with E-state index >= 15 is 0 Å². The number of rotatable bonds is 7. The van der Waals surface area contributed by atoms with Gasteiger partial charge < -0.3 is 9.74 Å². The summed E-state index contributed by atoms with van der Waals surface area (Å²) in [5.74, 6) is -0.516. The molecular formula is C27H31Cl2FN2O2. The zero-order valence-electron chi connectivity index (χ0n) is 20.4. The summed E-state index contributed by atoms with van der Waals surface area (Å²) in [6.07, 6.45) is 5.08. The van der Waals surface area contributed by atoms with E-state index in [2.05, 4.69) is 44.2 Å². The lowest BCUT2D eigenvalue weighted by atomic mass is 10.00. The fourth-order valence-corrected chi connectivity index (χ4v) is 4.00. The Kier molecular flexibility index (Phi) is 10.2. The number of aromatic nitrogens is 1. The van der Waals surface area contributed by atoms with E-state index < -0.39 is 11.9 Å². The zero-order chi connectivity index (χ0) is 25.4. The van der Waals surface area contributed by atoms with Crippen molar-refractivity contribution in [1.82, 2.24) is 9.63 Å². The number of carbonyl (C=O) groups excluding carboxylic acids is 1. The number of halogens is 3. The van der Waals surface area contributed by atoms with Crippen molar-refractivity contribution in [2.24, 2.45) is 0 Å². The first-order valence-corrected chi connectivity index (χ1v) is 11.7. The molecule has 1 amide bonds. The second-order valence-electron chi connectivity index (χ2n) is 8.18. The van der Waals surface area contributed by atoms with Crippen LogP contribution < -0.4 is 4.84 Å². The minimum Gasteiger partial charge on any atom is -0.406 e. The van der Waals surface area contributed by atoms with E-state index in [1.807, 2.05) is 19.2 Å². The molecule has 34 heavy (non-hydrogen) atoms. The van der Waals surface area contributed by atoms with Gasteiger partial charge in [0.1, 0.15) is 5.82 Å². The van der Waals surface area contributed by atoms with Crippen molar-refractivity contribution in [3.05, 3.63) is 92.5 Å². The summed E-state index contributed by atoms with van der Waals surface area (Å²) in [5.41, 5.74) is 6.04. The molecular weight excluding hydrogens is 474 g/mol. The van der Waals surface area contributed by atoms with Crippen LogP contribution in [-0.2, 0) is 4.79 Å². The predicted octanol–water partition coefficient (Wildman–Crippen LogP) is 7.40. The lowest BCUT2D eigenvalue weighted by molar-refractivity contribution is -0.115. The minimum atomic E-state index is -0.534. The normalized spacial score (nSPS) is 12.0. The lowest BCUT2D eigenvalue weighted by Crippen LogP contribution is -2.17. The molecule has 0 radical (unpaired) electrons. The monoisotopic (exact) mass is 504 g/mol. The highest BCUT2D eigenvalue weighted by Crippen LogP contribution is 2.33. The fourth-order valence-electron chi connectivity index (χ4n) is 3.33. The third-order valence-electron chi connectivity index (χ3n) is 5.15. The van der Waals surface area contributed by atoms with E-state index in [4.69, 9.17) is 28.0 Å². The molecule has 0 bridgehead atoms. The number of hydrogen-bond donors (Lipinski definition) is 0. The third kappa shape index (κ3) is 7.12. The number of aryl methyl sites for hydroxylation is 2. The summed E-state index contributed by atoms with van der Waals surface area (Å²) < 4.78 is 15.6. The molecule has 0 aliphatic heterocycles. The summed E-state index contributed by atoms with van der Waals surface area (Å²) in [7, 11) is 3.38. The molecule has 0 aliphatic carbocycles. The van der Waals surface area contributed by atoms with Crippen molar-refractivity contribution >= 4 is 41.3 Å². The highest BCUT2D eigenvalue weighted by atomic mass is 35.5. The molecule has 0 saturated heterocycles. The Balaban J connectivity index is 0.000000739. The molecule has 0 spiro atoms. The molecule has 182 valence electrons. The van der Waals surface area contributed by atoms with Gasteiger partial charge in [-0.2, -0.15) is 4.73 Å². The van der Waals surface area contributed by atoms with Crippen LogP contribution in [0.4, 0.5) is 4.39 Å². The van der Waals surface area contributed by atoms with Gasteiger partial charge in [0.05, 0.1) is 10.7 Å². The molecule has 0 saturated carbocycles. The SMILES string of the molecule is CC/C(=C\c1c(C)ccn1OC(C)c1c(Cl)ccc(F)c1Cl)c1cccc(C)c1.CN(C)C=O. The van der Waals surface area contributed by atoms with Crippen LogP contribution in [-0.4, -0.2) is 30.1 Å². The molecule has 7 heteroatoms. The maximum Gasteiger partial charge on any atom is 0.209 e. The average Bonchev–Trinajstić information content (AvgIpc) is 3.13. The van der Waals surface area contributed by atoms with Gasteiger partial charge >= 0.3 is 0 Å². The molecule has 2 aromatic carbocycles. The van der Waals surface area contributed by atoms with Crippen LogP contribution >= 0.6 is 23.2 Å². The quantitative estimate of drug-likeness (QED) is 0.248. The Morgan fingerprint density at radius 2 is 1.85 bits per heavy atom. The molecule has 1 heterocycles. The average molecular weight is 505 g/mol. The summed E-state index contributed by atoms with van der Waals surface area (Å²) in [6, 6.07) is 13.2. The van der Waals surface area contributed by atoms with E-state index in [0.717, 1.165) is 24.1 Å². The highest BCUT2D eigenvalue weighted by molar-refractivity contribution is 6.36. The van der Waals surface area contributed by atoms with Crippen molar-refractivity contribution < 1.29 is 14.0 Å². The van der Waals surface area contributed by atoms with Gasteiger partial charge in [-0.05, 0) is 68.2 Å². The molecule has 3 aromatic rings. The second kappa shape index (κ2) is 12.6. The molecule has 1 atom stereocenters. The largest absolute Gasteiger partial charge is 0.406 e. The van der Waals surface area contributed by atoms with Gasteiger partial charge in [0.15, 0.2) is 6.10 Å². The van der Waals surface area contributed by atoms with Crippen LogP contribution in [0, 0.1) is 19.7 Å². The Labute approximate surface area is 211 Å². The zero-order valence-corrected chi connectivity index (χ0v) is 21.9. The van der Waals surface area contributed by atoms with Gasteiger partial charge in [-0.15, -0.1) is 0 Å². The molecule has 0 N–H and O–H groups in total. The summed E-state index contributed by atoms with van der Waals surface area (Å²) in [4.78, 5) is 17.0. The fraction of sp³-hybridized carbons (Fsp3) is 0.296. The van der Waals surface area contributed by atoms with Gasteiger partial charge in [-0.1, -0.05) is 60.0 Å². The first kappa shape index (κ1) is 27.5. The van der Waals surface area contributed by atoms with Gasteiger partial charge in [0.2, 0.25) is 6.41 Å². The van der Waals surface area contributed by atoms with Crippen molar-refractivity contribution in [3.8, 4) is 0 Å². The van der Waals surface area contributed by atoms with Crippen molar-refractivity contribution in [3.63, 3.8) is 0 Å². The van der Waals surface area contributed by atoms with Gasteiger partial charge in [0.25, 0.3) is 0 Å². The van der Waals surface area contributed by atoms with E-state index in [1.165, 1.54) is 33.7 Å². The molecule has 1 unspecified atom stereocenters. The molecule has 3 rings (SSSR count). The number of carbonyl (C=O) groups is 1. The number of nitrogens with zero attached hydrogens (tertiary/aromatic N) is 2. The minimum absolute atomic E-state index is 0.0139. The highest BCUT2D eigenvalue weighted by Gasteiger charge is 2.20. The maximum absolute atomic E-state index is 13.9. The maximum atomic E-state index is 13.9. The molecule has 1 aromatic heterocycles. The van der Waals surface area contributed by atoms with E-state index in [1.54, 1.807) is 25.7 Å². The summed E-state index contributed by atoms with van der Waals surface area (Å²) in [5, 5.41) is 0.360. The van der Waals surface area contributed by atoms with Crippen molar-refractivity contribution in [2.45, 2.75) is 40.2 Å². The summed E-state index contributed by atoms with van der Waals surface area (Å²) in [6.45, 7) is 8.05. The van der Waals surface area contributed by atoms with Crippen LogP contribution in [0.15, 0.2) is 48.7 Å². The molecule has 4 nitrogen and oxygen atoms in total. The van der Waals surface area contributed by atoms with E-state index in [-0.39, 0.29) is 5.02 Å². The Morgan fingerprint density at radius 1 is 1.18 bits per heavy atom. The first-order valence-electron chi connectivity index (χ1n) is 11.0. The number of amides is 1. The third-order valence-corrected chi connectivity index (χ3v) is 5.86. The summed E-state index contributed by atoms with van der Waals surface area (Å²) >= 11 is 12.4. The second-order valence-corrected chi connectivity index (χ2v) is 8.96. The Bertz CT molecular complexity index is 1160. The lowest BCUT2D eigenvalue weighted by Gasteiger charge is -2.20. The van der Waals surface area contributed by atoms with Crippen LogP contribution in [0.1, 0.15) is 54.3 Å². The van der Waals surface area contributed by atoms with Crippen molar-refractivity contribution in [1.29, 1.82) is 0 Å². The number of hydrogen-bond acceptors (Lipinski definition) is 2. The van der Waals surface area contributed by atoms with Gasteiger partial charge in [0, 0.05) is 30.9 Å². The van der Waals surface area contributed by atoms with Crippen LogP contribution in [0.2, 0.25) is 10.0 Å². The number of benzene rings is 2. The molecule has 0 aliphatic rings. The number of allylic oxidation sites excluding steroid dienone is 1.